The van der Waals surface area contributed by atoms with Gasteiger partial charge < -0.3 is 14.8 Å². The first-order valence-corrected chi connectivity index (χ1v) is 6.34. The molecule has 1 rings (SSSR count). The third-order valence-electron chi connectivity index (χ3n) is 2.31. The molecule has 1 N–H and O–H groups in total. The van der Waals surface area contributed by atoms with Crippen molar-refractivity contribution >= 4 is 17.6 Å². The van der Waals surface area contributed by atoms with Gasteiger partial charge >= 0.3 is 5.97 Å². The normalized spacial score (nSPS) is 9.79. The summed E-state index contributed by atoms with van der Waals surface area (Å²) in [4.78, 5) is 22.7. The quantitative estimate of drug-likeness (QED) is 0.769. The highest BCUT2D eigenvalue weighted by Crippen LogP contribution is 2.15. The minimum Gasteiger partial charge on any atom is -0.494 e. The van der Waals surface area contributed by atoms with E-state index in [4.69, 9.17) is 9.47 Å². The Labute approximate surface area is 112 Å². The number of nitrogens with one attached hydrogen (secondary N) is 1. The summed E-state index contributed by atoms with van der Waals surface area (Å²) in [5.41, 5.74) is 0.678. The summed E-state index contributed by atoms with van der Waals surface area (Å²) >= 11 is 0. The van der Waals surface area contributed by atoms with Crippen LogP contribution in [-0.2, 0) is 14.3 Å². The van der Waals surface area contributed by atoms with Gasteiger partial charge in [-0.2, -0.15) is 0 Å². The fourth-order valence-electron chi connectivity index (χ4n) is 1.47. The lowest BCUT2D eigenvalue weighted by atomic mass is 10.2. The maximum absolute atomic E-state index is 11.6. The third kappa shape index (κ3) is 5.90. The molecular weight excluding hydrogens is 246 g/mol. The smallest absolute Gasteiger partial charge is 0.306 e. The van der Waals surface area contributed by atoms with Crippen LogP contribution in [0.2, 0.25) is 0 Å². The number of esters is 1. The maximum Gasteiger partial charge on any atom is 0.306 e. The Bertz CT molecular complexity index is 414. The van der Waals surface area contributed by atoms with Crippen LogP contribution in [0.5, 0.6) is 5.75 Å². The predicted octanol–water partition coefficient (Wildman–Crippen LogP) is 2.37. The van der Waals surface area contributed by atoms with Gasteiger partial charge in [0.25, 0.3) is 0 Å². The van der Waals surface area contributed by atoms with Gasteiger partial charge in [-0.25, -0.2) is 0 Å². The summed E-state index contributed by atoms with van der Waals surface area (Å²) in [5, 5.41) is 2.71. The number of hydrogen-bond donors (Lipinski definition) is 1. The molecule has 0 aliphatic rings. The van der Waals surface area contributed by atoms with Crippen LogP contribution < -0.4 is 10.1 Å². The average Bonchev–Trinajstić information content (AvgIpc) is 2.39. The van der Waals surface area contributed by atoms with Crippen molar-refractivity contribution in [2.75, 3.05) is 18.5 Å². The number of carbonyl (C=O) groups excluding carboxylic acids is 2. The molecule has 0 aliphatic carbocycles. The molecular formula is C14H19NO4. The van der Waals surface area contributed by atoms with Gasteiger partial charge in [-0.3, -0.25) is 9.59 Å². The van der Waals surface area contributed by atoms with E-state index >= 15 is 0 Å². The fraction of sp³-hybridized carbons (Fsp3) is 0.429. The largest absolute Gasteiger partial charge is 0.494 e. The van der Waals surface area contributed by atoms with E-state index < -0.39 is 0 Å². The van der Waals surface area contributed by atoms with Crippen molar-refractivity contribution in [1.82, 2.24) is 0 Å². The molecule has 0 aromatic heterocycles. The highest BCUT2D eigenvalue weighted by molar-refractivity contribution is 5.92. The van der Waals surface area contributed by atoms with Crippen molar-refractivity contribution in [3.63, 3.8) is 0 Å². The van der Waals surface area contributed by atoms with Gasteiger partial charge in [-0.1, -0.05) is 0 Å². The van der Waals surface area contributed by atoms with Crippen LogP contribution in [0.3, 0.4) is 0 Å². The van der Waals surface area contributed by atoms with Gasteiger partial charge in [0.2, 0.25) is 5.91 Å². The third-order valence-corrected chi connectivity index (χ3v) is 2.31. The van der Waals surface area contributed by atoms with E-state index in [9.17, 15) is 9.59 Å². The molecule has 0 heterocycles. The van der Waals surface area contributed by atoms with Crippen LogP contribution in [0, 0.1) is 0 Å². The second-order valence-electron chi connectivity index (χ2n) is 3.81. The lowest BCUT2D eigenvalue weighted by Crippen LogP contribution is -2.14. The summed E-state index contributed by atoms with van der Waals surface area (Å²) in [6, 6.07) is 7.08. The van der Waals surface area contributed by atoms with Crippen LogP contribution in [-0.4, -0.2) is 25.1 Å². The van der Waals surface area contributed by atoms with Crippen molar-refractivity contribution in [2.24, 2.45) is 0 Å². The molecule has 0 saturated heterocycles. The lowest BCUT2D eigenvalue weighted by molar-refractivity contribution is -0.144. The van der Waals surface area contributed by atoms with Gasteiger partial charge in [0.1, 0.15) is 5.75 Å². The molecule has 0 spiro atoms. The topological polar surface area (TPSA) is 64.6 Å². The molecule has 0 aliphatic heterocycles. The van der Waals surface area contributed by atoms with E-state index in [1.54, 1.807) is 31.2 Å². The molecule has 0 fully saturated rings. The van der Waals surface area contributed by atoms with Gasteiger partial charge in [-0.05, 0) is 38.1 Å². The zero-order chi connectivity index (χ0) is 14.1. The predicted molar refractivity (Wildman–Crippen MR) is 72.1 cm³/mol. The molecule has 0 bridgehead atoms. The van der Waals surface area contributed by atoms with Gasteiger partial charge in [0.15, 0.2) is 0 Å². The number of hydrogen-bond acceptors (Lipinski definition) is 4. The zero-order valence-corrected chi connectivity index (χ0v) is 11.3. The first-order valence-electron chi connectivity index (χ1n) is 6.34. The molecule has 0 saturated carbocycles. The van der Waals surface area contributed by atoms with E-state index in [-0.39, 0.29) is 24.7 Å². The van der Waals surface area contributed by atoms with Gasteiger partial charge in [0.05, 0.1) is 19.6 Å². The average molecular weight is 265 g/mol. The number of rotatable bonds is 7. The van der Waals surface area contributed by atoms with E-state index in [1.807, 2.05) is 6.92 Å². The Kier molecular flexibility index (Phi) is 6.43. The van der Waals surface area contributed by atoms with Crippen LogP contribution in [0.1, 0.15) is 26.7 Å². The molecule has 0 radical (unpaired) electrons. The minimum absolute atomic E-state index is 0.0940. The summed E-state index contributed by atoms with van der Waals surface area (Å²) in [5.74, 6) is 0.188. The lowest BCUT2D eigenvalue weighted by Gasteiger charge is -2.07. The molecule has 1 aromatic carbocycles. The Morgan fingerprint density at radius 2 is 1.74 bits per heavy atom. The van der Waals surface area contributed by atoms with Crippen LogP contribution in [0.15, 0.2) is 24.3 Å². The molecule has 1 aromatic rings. The number of ether oxygens (including phenoxy) is 2. The number of anilines is 1. The molecule has 1 amide bonds. The summed E-state index contributed by atoms with van der Waals surface area (Å²) in [6.45, 7) is 4.58. The summed E-state index contributed by atoms with van der Waals surface area (Å²) < 4.78 is 10.0. The van der Waals surface area contributed by atoms with Crippen LogP contribution >= 0.6 is 0 Å². The van der Waals surface area contributed by atoms with Crippen LogP contribution in [0.25, 0.3) is 0 Å². The summed E-state index contributed by atoms with van der Waals surface area (Å²) in [7, 11) is 0. The van der Waals surface area contributed by atoms with E-state index in [2.05, 4.69) is 5.32 Å². The second kappa shape index (κ2) is 8.13. The van der Waals surface area contributed by atoms with Gasteiger partial charge in [-0.15, -0.1) is 0 Å². The Morgan fingerprint density at radius 3 is 2.32 bits per heavy atom. The second-order valence-corrected chi connectivity index (χ2v) is 3.81. The number of benzene rings is 1. The molecule has 0 unspecified atom stereocenters. The van der Waals surface area contributed by atoms with Crippen molar-refractivity contribution in [3.8, 4) is 5.75 Å². The Hall–Kier alpha value is -2.04. The Balaban J connectivity index is 2.37. The maximum atomic E-state index is 11.6. The highest BCUT2D eigenvalue weighted by atomic mass is 16.5. The number of carbonyl (C=O) groups is 2. The van der Waals surface area contributed by atoms with E-state index in [0.717, 1.165) is 5.75 Å². The fourth-order valence-corrected chi connectivity index (χ4v) is 1.47. The van der Waals surface area contributed by atoms with Crippen molar-refractivity contribution in [2.45, 2.75) is 26.7 Å². The summed E-state index contributed by atoms with van der Waals surface area (Å²) in [6.07, 6.45) is 0.211. The first kappa shape index (κ1) is 15.0. The SMILES string of the molecule is CCOC(=O)CCC(=O)Nc1ccc(OCC)cc1. The Morgan fingerprint density at radius 1 is 1.05 bits per heavy atom. The van der Waals surface area contributed by atoms with E-state index in [0.29, 0.717) is 18.9 Å². The van der Waals surface area contributed by atoms with E-state index in [1.165, 1.54) is 0 Å². The highest BCUT2D eigenvalue weighted by Gasteiger charge is 2.07. The monoisotopic (exact) mass is 265 g/mol. The standard InChI is InChI=1S/C14H19NO4/c1-3-18-12-7-5-11(6-8-12)15-13(16)9-10-14(17)19-4-2/h5-8H,3-4,9-10H2,1-2H3,(H,15,16). The van der Waals surface area contributed by atoms with Crippen molar-refractivity contribution in [3.05, 3.63) is 24.3 Å². The molecule has 19 heavy (non-hydrogen) atoms. The molecule has 5 heteroatoms. The molecule has 5 nitrogen and oxygen atoms in total. The molecule has 104 valence electrons. The van der Waals surface area contributed by atoms with Crippen LogP contribution in [0.4, 0.5) is 5.69 Å². The molecule has 0 atom stereocenters. The van der Waals surface area contributed by atoms with Crippen molar-refractivity contribution in [1.29, 1.82) is 0 Å². The van der Waals surface area contributed by atoms with Gasteiger partial charge in [0, 0.05) is 12.1 Å². The van der Waals surface area contributed by atoms with Crippen molar-refractivity contribution < 1.29 is 19.1 Å². The first-order chi connectivity index (χ1) is 9.15. The minimum atomic E-state index is -0.357. The number of amides is 1. The zero-order valence-electron chi connectivity index (χ0n) is 11.3.